The summed E-state index contributed by atoms with van der Waals surface area (Å²) in [6, 6.07) is 7.70. The van der Waals surface area contributed by atoms with Gasteiger partial charge >= 0.3 is 0 Å². The highest BCUT2D eigenvalue weighted by Crippen LogP contribution is 2.15. The van der Waals surface area contributed by atoms with Crippen molar-refractivity contribution in [1.82, 2.24) is 5.16 Å². The fraction of sp³-hybridized carbons (Fsp3) is 0.231. The van der Waals surface area contributed by atoms with Gasteiger partial charge < -0.3 is 15.6 Å². The Hall–Kier alpha value is -1.88. The number of hydrogen-bond donors (Lipinski definition) is 2. The molecule has 0 amide bonds. The lowest BCUT2D eigenvalue weighted by molar-refractivity contribution is 0.392. The molecule has 5 heteroatoms. The van der Waals surface area contributed by atoms with Crippen molar-refractivity contribution in [1.29, 1.82) is 0 Å². The van der Waals surface area contributed by atoms with Crippen molar-refractivity contribution >= 4 is 22.9 Å². The zero-order chi connectivity index (χ0) is 13.1. The quantitative estimate of drug-likeness (QED) is 0.828. The van der Waals surface area contributed by atoms with E-state index in [0.29, 0.717) is 11.5 Å². The Kier molecular flexibility index (Phi) is 3.62. The molecular weight excluding hydrogens is 246 g/mol. The van der Waals surface area contributed by atoms with Gasteiger partial charge in [-0.2, -0.15) is 0 Å². The van der Waals surface area contributed by atoms with Gasteiger partial charge in [0, 0.05) is 23.4 Å². The Bertz CT molecular complexity index is 541. The molecule has 3 N–H and O–H groups in total. The van der Waals surface area contributed by atoms with Gasteiger partial charge in [0.2, 0.25) is 0 Å². The minimum atomic E-state index is 0.410. The minimum Gasteiger partial charge on any atom is -0.389 e. The highest BCUT2D eigenvalue weighted by molar-refractivity contribution is 7.80. The number of nitrogens with one attached hydrogen (secondary N) is 1. The van der Waals surface area contributed by atoms with Crippen LogP contribution in [0.2, 0.25) is 0 Å². The molecular formula is C13H15N3OS. The lowest BCUT2D eigenvalue weighted by atomic mass is 10.2. The molecule has 4 nitrogen and oxygen atoms in total. The molecule has 94 valence electrons. The fourth-order valence-electron chi connectivity index (χ4n) is 1.70. The third-order valence-electron chi connectivity index (χ3n) is 2.82. The summed E-state index contributed by atoms with van der Waals surface area (Å²) in [7, 11) is 0. The SMILES string of the molecule is Cc1noc(C)c1CNc1ccc(C(N)=S)cc1. The van der Waals surface area contributed by atoms with E-state index >= 15 is 0 Å². The van der Waals surface area contributed by atoms with Crippen LogP contribution in [0, 0.1) is 13.8 Å². The number of anilines is 1. The molecule has 0 unspecified atom stereocenters. The van der Waals surface area contributed by atoms with E-state index in [9.17, 15) is 0 Å². The third kappa shape index (κ3) is 2.68. The van der Waals surface area contributed by atoms with Gasteiger partial charge in [-0.1, -0.05) is 17.4 Å². The summed E-state index contributed by atoms with van der Waals surface area (Å²) in [6.07, 6.45) is 0. The van der Waals surface area contributed by atoms with Gasteiger partial charge in [-0.15, -0.1) is 0 Å². The normalized spacial score (nSPS) is 10.3. The number of aryl methyl sites for hydroxylation is 2. The van der Waals surface area contributed by atoms with E-state index in [4.69, 9.17) is 22.5 Å². The van der Waals surface area contributed by atoms with Gasteiger partial charge in [0.25, 0.3) is 0 Å². The van der Waals surface area contributed by atoms with Crippen LogP contribution in [0.1, 0.15) is 22.6 Å². The van der Waals surface area contributed by atoms with Gasteiger partial charge in [0.05, 0.1) is 5.69 Å². The molecule has 1 aromatic heterocycles. The molecule has 0 saturated heterocycles. The summed E-state index contributed by atoms with van der Waals surface area (Å²) in [5, 5.41) is 7.23. The van der Waals surface area contributed by atoms with Crippen molar-refractivity contribution in [3.63, 3.8) is 0 Å². The van der Waals surface area contributed by atoms with Crippen molar-refractivity contribution in [3.8, 4) is 0 Å². The summed E-state index contributed by atoms with van der Waals surface area (Å²) >= 11 is 4.91. The number of thiocarbonyl (C=S) groups is 1. The van der Waals surface area contributed by atoms with Crippen molar-refractivity contribution < 1.29 is 4.52 Å². The summed E-state index contributed by atoms with van der Waals surface area (Å²) in [6.45, 7) is 4.53. The first kappa shape index (κ1) is 12.6. The highest BCUT2D eigenvalue weighted by atomic mass is 32.1. The minimum absolute atomic E-state index is 0.410. The Labute approximate surface area is 111 Å². The first-order valence-corrected chi connectivity index (χ1v) is 6.04. The molecule has 0 fully saturated rings. The van der Waals surface area contributed by atoms with Gasteiger partial charge in [-0.05, 0) is 38.1 Å². The average Bonchev–Trinajstić information content (AvgIpc) is 2.67. The first-order valence-electron chi connectivity index (χ1n) is 5.63. The second kappa shape index (κ2) is 5.18. The Morgan fingerprint density at radius 1 is 1.33 bits per heavy atom. The van der Waals surface area contributed by atoms with E-state index in [1.807, 2.05) is 38.1 Å². The maximum Gasteiger partial charge on any atom is 0.138 e. The van der Waals surface area contributed by atoms with E-state index in [1.54, 1.807) is 0 Å². The molecule has 0 spiro atoms. The second-order valence-electron chi connectivity index (χ2n) is 4.10. The van der Waals surface area contributed by atoms with Crippen molar-refractivity contribution in [2.45, 2.75) is 20.4 Å². The largest absolute Gasteiger partial charge is 0.389 e. The van der Waals surface area contributed by atoms with Crippen LogP contribution in [0.25, 0.3) is 0 Å². The monoisotopic (exact) mass is 261 g/mol. The first-order chi connectivity index (χ1) is 8.58. The van der Waals surface area contributed by atoms with E-state index in [2.05, 4.69) is 10.5 Å². The number of hydrogen-bond acceptors (Lipinski definition) is 4. The molecule has 1 aromatic carbocycles. The van der Waals surface area contributed by atoms with E-state index in [0.717, 1.165) is 28.3 Å². The van der Waals surface area contributed by atoms with Crippen molar-refractivity contribution in [2.24, 2.45) is 5.73 Å². The smallest absolute Gasteiger partial charge is 0.138 e. The number of nitrogens with zero attached hydrogens (tertiary/aromatic N) is 1. The molecule has 0 radical (unpaired) electrons. The molecule has 0 aliphatic carbocycles. The van der Waals surface area contributed by atoms with Gasteiger partial charge in [-0.25, -0.2) is 0 Å². The van der Waals surface area contributed by atoms with Gasteiger partial charge in [0.15, 0.2) is 0 Å². The lowest BCUT2D eigenvalue weighted by Gasteiger charge is -2.06. The maximum absolute atomic E-state index is 5.55. The standard InChI is InChI=1S/C13H15N3OS/c1-8-12(9(2)17-16-8)7-15-11-5-3-10(4-6-11)13(14)18/h3-6,15H,7H2,1-2H3,(H2,14,18). The van der Waals surface area contributed by atoms with Crippen molar-refractivity contribution in [2.75, 3.05) is 5.32 Å². The fourth-order valence-corrected chi connectivity index (χ4v) is 1.83. The van der Waals surface area contributed by atoms with Crippen LogP contribution >= 0.6 is 12.2 Å². The lowest BCUT2D eigenvalue weighted by Crippen LogP contribution is -2.09. The van der Waals surface area contributed by atoms with Crippen LogP contribution in [-0.4, -0.2) is 10.1 Å². The molecule has 0 atom stereocenters. The van der Waals surface area contributed by atoms with Crippen molar-refractivity contribution in [3.05, 3.63) is 46.8 Å². The Morgan fingerprint density at radius 3 is 2.50 bits per heavy atom. The molecule has 1 heterocycles. The molecule has 2 aromatic rings. The van der Waals surface area contributed by atoms with E-state index in [1.165, 1.54) is 0 Å². The second-order valence-corrected chi connectivity index (χ2v) is 4.54. The van der Waals surface area contributed by atoms with E-state index in [-0.39, 0.29) is 0 Å². The topological polar surface area (TPSA) is 64.1 Å². The Morgan fingerprint density at radius 2 is 2.00 bits per heavy atom. The molecule has 0 aliphatic rings. The zero-order valence-electron chi connectivity index (χ0n) is 10.4. The predicted octanol–water partition coefficient (Wildman–Crippen LogP) is 2.54. The highest BCUT2D eigenvalue weighted by Gasteiger charge is 2.08. The van der Waals surface area contributed by atoms with E-state index < -0.39 is 0 Å². The van der Waals surface area contributed by atoms with Crippen LogP contribution in [0.3, 0.4) is 0 Å². The van der Waals surface area contributed by atoms with Crippen LogP contribution < -0.4 is 11.1 Å². The summed E-state index contributed by atoms with van der Waals surface area (Å²) in [4.78, 5) is 0.410. The van der Waals surface area contributed by atoms with Crippen LogP contribution in [0.4, 0.5) is 5.69 Å². The molecule has 0 bridgehead atoms. The average molecular weight is 261 g/mol. The molecule has 18 heavy (non-hydrogen) atoms. The molecule has 2 rings (SSSR count). The predicted molar refractivity (Wildman–Crippen MR) is 75.6 cm³/mol. The Balaban J connectivity index is 2.04. The number of aromatic nitrogens is 1. The van der Waals surface area contributed by atoms with Crippen LogP contribution in [0.5, 0.6) is 0 Å². The summed E-state index contributed by atoms with van der Waals surface area (Å²) in [5.41, 5.74) is 9.43. The maximum atomic E-state index is 5.55. The van der Waals surface area contributed by atoms with Gasteiger partial charge in [0.1, 0.15) is 10.7 Å². The number of rotatable bonds is 4. The molecule has 0 aliphatic heterocycles. The summed E-state index contributed by atoms with van der Waals surface area (Å²) in [5.74, 6) is 0.847. The number of nitrogens with two attached hydrogens (primary N) is 1. The van der Waals surface area contributed by atoms with Crippen LogP contribution in [0.15, 0.2) is 28.8 Å². The van der Waals surface area contributed by atoms with Crippen LogP contribution in [-0.2, 0) is 6.54 Å². The summed E-state index contributed by atoms with van der Waals surface area (Å²) < 4.78 is 5.11. The third-order valence-corrected chi connectivity index (χ3v) is 3.06. The molecule has 0 saturated carbocycles. The zero-order valence-corrected chi connectivity index (χ0v) is 11.2. The van der Waals surface area contributed by atoms with Gasteiger partial charge in [-0.3, -0.25) is 0 Å². The number of benzene rings is 1.